The van der Waals surface area contributed by atoms with Gasteiger partial charge in [-0.15, -0.1) is 0 Å². The number of aromatic amines is 1. The molecule has 0 spiro atoms. The quantitative estimate of drug-likeness (QED) is 0.822. The average Bonchev–Trinajstić information content (AvgIpc) is 3.16. The number of aryl methyl sites for hydroxylation is 1. The van der Waals surface area contributed by atoms with Gasteiger partial charge >= 0.3 is 0 Å². The first-order chi connectivity index (χ1) is 10.7. The Bertz CT molecular complexity index is 602. The van der Waals surface area contributed by atoms with E-state index < -0.39 is 6.10 Å². The zero-order chi connectivity index (χ0) is 15.4. The zero-order valence-electron chi connectivity index (χ0n) is 12.2. The van der Waals surface area contributed by atoms with Crippen molar-refractivity contribution >= 4 is 5.91 Å². The second kappa shape index (κ2) is 6.65. The van der Waals surface area contributed by atoms with Gasteiger partial charge in [-0.1, -0.05) is 0 Å². The van der Waals surface area contributed by atoms with E-state index in [0.717, 1.165) is 11.3 Å². The SMILES string of the molecule is O=C(CCc1cn[nH]c1)N1C[C@@H](Cc2cnccn2)[C@H](O)C1. The van der Waals surface area contributed by atoms with E-state index in [1.165, 1.54) is 0 Å². The van der Waals surface area contributed by atoms with Crippen LogP contribution in [0, 0.1) is 5.92 Å². The highest BCUT2D eigenvalue weighted by atomic mass is 16.3. The van der Waals surface area contributed by atoms with Crippen LogP contribution in [0.5, 0.6) is 0 Å². The van der Waals surface area contributed by atoms with Crippen LogP contribution in [0.25, 0.3) is 0 Å². The van der Waals surface area contributed by atoms with Crippen LogP contribution in [0.15, 0.2) is 31.0 Å². The molecule has 7 heteroatoms. The minimum atomic E-state index is -0.500. The molecule has 3 rings (SSSR count). The van der Waals surface area contributed by atoms with Crippen molar-refractivity contribution in [1.82, 2.24) is 25.1 Å². The molecule has 0 radical (unpaired) electrons. The highest BCUT2D eigenvalue weighted by Crippen LogP contribution is 2.21. The largest absolute Gasteiger partial charge is 0.391 e. The van der Waals surface area contributed by atoms with Crippen molar-refractivity contribution in [3.8, 4) is 0 Å². The Morgan fingerprint density at radius 3 is 3.00 bits per heavy atom. The molecule has 2 atom stereocenters. The number of aliphatic hydroxyl groups is 1. The van der Waals surface area contributed by atoms with Crippen molar-refractivity contribution < 1.29 is 9.90 Å². The lowest BCUT2D eigenvalue weighted by atomic mass is 10.0. The number of β-amino-alcohol motifs (C(OH)–C–C–N with tert-alkyl or cyclic N) is 1. The molecule has 1 aliphatic rings. The number of carbonyl (C=O) groups excluding carboxylic acids is 1. The molecule has 0 bridgehead atoms. The summed E-state index contributed by atoms with van der Waals surface area (Å²) in [4.78, 5) is 22.2. The monoisotopic (exact) mass is 301 g/mol. The fourth-order valence-corrected chi connectivity index (χ4v) is 2.79. The number of H-pyrrole nitrogens is 1. The van der Waals surface area contributed by atoms with Crippen LogP contribution in [0.2, 0.25) is 0 Å². The lowest BCUT2D eigenvalue weighted by Gasteiger charge is -2.15. The van der Waals surface area contributed by atoms with Crippen molar-refractivity contribution in [3.05, 3.63) is 42.2 Å². The van der Waals surface area contributed by atoms with Gasteiger partial charge in [-0.3, -0.25) is 19.9 Å². The third kappa shape index (κ3) is 3.48. The summed E-state index contributed by atoms with van der Waals surface area (Å²) in [5, 5.41) is 16.8. The predicted octanol–water partition coefficient (Wildman–Crippen LogP) is 0.194. The number of hydrogen-bond acceptors (Lipinski definition) is 5. The van der Waals surface area contributed by atoms with Crippen LogP contribution < -0.4 is 0 Å². The summed E-state index contributed by atoms with van der Waals surface area (Å²) < 4.78 is 0. The van der Waals surface area contributed by atoms with Crippen molar-refractivity contribution in [1.29, 1.82) is 0 Å². The molecular formula is C15H19N5O2. The highest BCUT2D eigenvalue weighted by molar-refractivity contribution is 5.76. The molecule has 0 saturated carbocycles. The number of nitrogens with zero attached hydrogens (tertiary/aromatic N) is 4. The standard InChI is InChI=1S/C15H19N5O2/c21-14-10-20(15(22)2-1-11-6-18-19-7-11)9-12(14)5-13-8-16-3-4-17-13/h3-4,6-8,12,14,21H,1-2,5,9-10H2,(H,18,19)/t12-,14-/m1/s1. The Labute approximate surface area is 128 Å². The minimum absolute atomic E-state index is 0.0228. The van der Waals surface area contributed by atoms with Crippen molar-refractivity contribution in [2.45, 2.75) is 25.4 Å². The van der Waals surface area contributed by atoms with E-state index in [0.29, 0.717) is 32.4 Å². The first-order valence-corrected chi connectivity index (χ1v) is 7.41. The summed E-state index contributed by atoms with van der Waals surface area (Å²) in [7, 11) is 0. The molecule has 116 valence electrons. The Morgan fingerprint density at radius 1 is 1.36 bits per heavy atom. The normalized spacial score (nSPS) is 21.2. The van der Waals surface area contributed by atoms with Gasteiger partial charge in [0.25, 0.3) is 0 Å². The maximum absolute atomic E-state index is 12.2. The summed E-state index contributed by atoms with van der Waals surface area (Å²) in [5.41, 5.74) is 1.86. The van der Waals surface area contributed by atoms with Gasteiger partial charge in [-0.25, -0.2) is 0 Å². The molecule has 1 aliphatic heterocycles. The smallest absolute Gasteiger partial charge is 0.223 e. The molecular weight excluding hydrogens is 282 g/mol. The second-order valence-electron chi connectivity index (χ2n) is 5.63. The van der Waals surface area contributed by atoms with Crippen LogP contribution in [-0.4, -0.2) is 55.3 Å². The molecule has 7 nitrogen and oxygen atoms in total. The van der Waals surface area contributed by atoms with Gasteiger partial charge in [0.2, 0.25) is 5.91 Å². The maximum Gasteiger partial charge on any atom is 0.223 e. The lowest BCUT2D eigenvalue weighted by Crippen LogP contribution is -2.29. The number of likely N-dealkylation sites (tertiary alicyclic amines) is 1. The molecule has 22 heavy (non-hydrogen) atoms. The second-order valence-corrected chi connectivity index (χ2v) is 5.63. The zero-order valence-corrected chi connectivity index (χ0v) is 12.2. The van der Waals surface area contributed by atoms with E-state index in [2.05, 4.69) is 20.2 Å². The van der Waals surface area contributed by atoms with Gasteiger partial charge in [0.15, 0.2) is 0 Å². The number of aromatic nitrogens is 4. The number of carbonyl (C=O) groups is 1. The van der Waals surface area contributed by atoms with Gasteiger partial charge in [0.05, 0.1) is 18.0 Å². The summed E-state index contributed by atoms with van der Waals surface area (Å²) in [6, 6.07) is 0. The van der Waals surface area contributed by atoms with E-state index >= 15 is 0 Å². The number of amides is 1. The lowest BCUT2D eigenvalue weighted by molar-refractivity contribution is -0.130. The van der Waals surface area contributed by atoms with Gasteiger partial charge in [-0.05, 0) is 18.4 Å². The van der Waals surface area contributed by atoms with Crippen LogP contribution in [-0.2, 0) is 17.6 Å². The molecule has 1 amide bonds. The summed E-state index contributed by atoms with van der Waals surface area (Å²) in [5.74, 6) is 0.0940. The van der Waals surface area contributed by atoms with Crippen molar-refractivity contribution in [2.24, 2.45) is 5.92 Å². The van der Waals surface area contributed by atoms with Crippen LogP contribution in [0.4, 0.5) is 0 Å². The maximum atomic E-state index is 12.2. The predicted molar refractivity (Wildman–Crippen MR) is 78.7 cm³/mol. The Hall–Kier alpha value is -2.28. The van der Waals surface area contributed by atoms with Gasteiger partial charge in [-0.2, -0.15) is 5.10 Å². The first kappa shape index (κ1) is 14.6. The van der Waals surface area contributed by atoms with Crippen molar-refractivity contribution in [3.63, 3.8) is 0 Å². The number of rotatable bonds is 5. The molecule has 0 unspecified atom stereocenters. The topological polar surface area (TPSA) is 95.0 Å². The van der Waals surface area contributed by atoms with E-state index in [9.17, 15) is 9.90 Å². The van der Waals surface area contributed by atoms with E-state index in [4.69, 9.17) is 0 Å². The summed E-state index contributed by atoms with van der Waals surface area (Å²) in [6.07, 6.45) is 9.73. The van der Waals surface area contributed by atoms with Gasteiger partial charge < -0.3 is 10.0 Å². The van der Waals surface area contributed by atoms with Gasteiger partial charge in [0, 0.05) is 50.2 Å². The third-order valence-corrected chi connectivity index (χ3v) is 4.03. The minimum Gasteiger partial charge on any atom is -0.391 e. The number of hydrogen-bond donors (Lipinski definition) is 2. The van der Waals surface area contributed by atoms with E-state index in [1.807, 2.05) is 0 Å². The molecule has 2 N–H and O–H groups in total. The molecule has 0 aliphatic carbocycles. The van der Waals surface area contributed by atoms with Crippen LogP contribution in [0.1, 0.15) is 17.7 Å². The first-order valence-electron chi connectivity index (χ1n) is 7.41. The summed E-state index contributed by atoms with van der Waals surface area (Å²) in [6.45, 7) is 0.969. The molecule has 1 fully saturated rings. The van der Waals surface area contributed by atoms with Crippen LogP contribution in [0.3, 0.4) is 0 Å². The Morgan fingerprint density at radius 2 is 2.27 bits per heavy atom. The molecule has 3 heterocycles. The third-order valence-electron chi connectivity index (χ3n) is 4.03. The average molecular weight is 301 g/mol. The Kier molecular flexibility index (Phi) is 4.43. The summed E-state index contributed by atoms with van der Waals surface area (Å²) >= 11 is 0. The fourth-order valence-electron chi connectivity index (χ4n) is 2.79. The molecule has 1 saturated heterocycles. The molecule has 2 aromatic rings. The van der Waals surface area contributed by atoms with Crippen molar-refractivity contribution in [2.75, 3.05) is 13.1 Å². The Balaban J connectivity index is 1.52. The van der Waals surface area contributed by atoms with E-state index in [1.54, 1.807) is 35.9 Å². The van der Waals surface area contributed by atoms with Gasteiger partial charge in [0.1, 0.15) is 0 Å². The highest BCUT2D eigenvalue weighted by Gasteiger charge is 2.33. The fraction of sp³-hybridized carbons (Fsp3) is 0.467. The number of nitrogens with one attached hydrogen (secondary N) is 1. The van der Waals surface area contributed by atoms with Crippen LogP contribution >= 0.6 is 0 Å². The number of aliphatic hydroxyl groups excluding tert-OH is 1. The van der Waals surface area contributed by atoms with E-state index in [-0.39, 0.29) is 11.8 Å². The molecule has 0 aromatic carbocycles. The molecule has 2 aromatic heterocycles.